The summed E-state index contributed by atoms with van der Waals surface area (Å²) in [5.41, 5.74) is 2.22. The lowest BCUT2D eigenvalue weighted by atomic mass is 10.2. The largest absolute Gasteiger partial charge is 0.475 e. The standard InChI is InChI=1S/C13H22N2O/c1-9(2)14-8-12-6-11(5)15-13(7-12)16-10(3)4/h6-7,9-10,14H,8H2,1-5H3. The quantitative estimate of drug-likeness (QED) is 0.831. The van der Waals surface area contributed by atoms with Gasteiger partial charge in [0, 0.05) is 24.3 Å². The van der Waals surface area contributed by atoms with E-state index in [0.29, 0.717) is 6.04 Å². The molecule has 0 unspecified atom stereocenters. The third-order valence-electron chi connectivity index (χ3n) is 2.06. The molecule has 1 aromatic rings. The molecule has 3 nitrogen and oxygen atoms in total. The minimum atomic E-state index is 0.167. The van der Waals surface area contributed by atoms with Crippen molar-refractivity contribution in [3.8, 4) is 5.88 Å². The Balaban J connectivity index is 2.73. The summed E-state index contributed by atoms with van der Waals surface area (Å²) < 4.78 is 5.60. The third-order valence-corrected chi connectivity index (χ3v) is 2.06. The van der Waals surface area contributed by atoms with E-state index >= 15 is 0 Å². The van der Waals surface area contributed by atoms with Crippen LogP contribution in [0.25, 0.3) is 0 Å². The molecule has 0 aromatic carbocycles. The number of rotatable bonds is 5. The van der Waals surface area contributed by atoms with Crippen molar-refractivity contribution >= 4 is 0 Å². The van der Waals surface area contributed by atoms with Crippen molar-refractivity contribution in [2.45, 2.75) is 53.3 Å². The normalized spacial score (nSPS) is 11.2. The summed E-state index contributed by atoms with van der Waals surface area (Å²) in [5.74, 6) is 0.718. The van der Waals surface area contributed by atoms with Gasteiger partial charge in [0.05, 0.1) is 6.10 Å². The number of hydrogen-bond acceptors (Lipinski definition) is 3. The summed E-state index contributed by atoms with van der Waals surface area (Å²) in [7, 11) is 0. The number of pyridine rings is 1. The van der Waals surface area contributed by atoms with Crippen LogP contribution < -0.4 is 10.1 Å². The maximum atomic E-state index is 5.60. The lowest BCUT2D eigenvalue weighted by molar-refractivity contribution is 0.232. The molecule has 3 heteroatoms. The first-order chi connectivity index (χ1) is 7.47. The predicted molar refractivity (Wildman–Crippen MR) is 66.7 cm³/mol. The van der Waals surface area contributed by atoms with Crippen LogP contribution in [0, 0.1) is 6.92 Å². The minimum Gasteiger partial charge on any atom is -0.475 e. The highest BCUT2D eigenvalue weighted by Gasteiger charge is 2.03. The van der Waals surface area contributed by atoms with Gasteiger partial charge in [-0.25, -0.2) is 4.98 Å². The van der Waals surface area contributed by atoms with Gasteiger partial charge in [0.2, 0.25) is 5.88 Å². The van der Waals surface area contributed by atoms with Crippen LogP contribution in [0.4, 0.5) is 0 Å². The molecule has 1 aromatic heterocycles. The van der Waals surface area contributed by atoms with Gasteiger partial charge in [-0.1, -0.05) is 13.8 Å². The molecule has 1 rings (SSSR count). The van der Waals surface area contributed by atoms with E-state index in [4.69, 9.17) is 4.74 Å². The van der Waals surface area contributed by atoms with Crippen LogP contribution in [0.1, 0.15) is 39.0 Å². The fraction of sp³-hybridized carbons (Fsp3) is 0.615. The second-order valence-electron chi connectivity index (χ2n) is 4.66. The Morgan fingerprint density at radius 2 is 1.94 bits per heavy atom. The molecule has 16 heavy (non-hydrogen) atoms. The van der Waals surface area contributed by atoms with Crippen LogP contribution in [0.3, 0.4) is 0 Å². The molecule has 0 aliphatic carbocycles. The molecule has 0 bridgehead atoms. The average Bonchev–Trinajstić information content (AvgIpc) is 2.12. The van der Waals surface area contributed by atoms with E-state index in [1.807, 2.05) is 26.8 Å². The van der Waals surface area contributed by atoms with E-state index in [-0.39, 0.29) is 6.10 Å². The summed E-state index contributed by atoms with van der Waals surface area (Å²) in [5, 5.41) is 3.39. The average molecular weight is 222 g/mol. The topological polar surface area (TPSA) is 34.1 Å². The Kier molecular flexibility index (Phi) is 4.74. The summed E-state index contributed by atoms with van der Waals surface area (Å²) in [4.78, 5) is 4.35. The second-order valence-corrected chi connectivity index (χ2v) is 4.66. The van der Waals surface area contributed by atoms with Gasteiger partial charge in [0.1, 0.15) is 0 Å². The molecular formula is C13H22N2O. The Bertz CT molecular complexity index is 335. The van der Waals surface area contributed by atoms with Gasteiger partial charge in [0.25, 0.3) is 0 Å². The monoisotopic (exact) mass is 222 g/mol. The molecule has 0 atom stereocenters. The van der Waals surface area contributed by atoms with Crippen molar-refractivity contribution in [1.29, 1.82) is 0 Å². The fourth-order valence-electron chi connectivity index (χ4n) is 1.43. The van der Waals surface area contributed by atoms with Crippen molar-refractivity contribution in [2.75, 3.05) is 0 Å². The summed E-state index contributed by atoms with van der Waals surface area (Å²) >= 11 is 0. The van der Waals surface area contributed by atoms with E-state index in [1.165, 1.54) is 5.56 Å². The van der Waals surface area contributed by atoms with Gasteiger partial charge in [-0.2, -0.15) is 0 Å². The van der Waals surface area contributed by atoms with Crippen molar-refractivity contribution in [3.63, 3.8) is 0 Å². The maximum absolute atomic E-state index is 5.60. The number of ether oxygens (including phenoxy) is 1. The molecule has 0 aliphatic rings. The highest BCUT2D eigenvalue weighted by atomic mass is 16.5. The summed E-state index contributed by atoms with van der Waals surface area (Å²) in [6, 6.07) is 4.58. The zero-order chi connectivity index (χ0) is 12.1. The van der Waals surface area contributed by atoms with E-state index < -0.39 is 0 Å². The molecule has 0 saturated heterocycles. The third kappa shape index (κ3) is 4.62. The molecule has 0 saturated carbocycles. The van der Waals surface area contributed by atoms with Gasteiger partial charge in [-0.05, 0) is 32.4 Å². The van der Waals surface area contributed by atoms with Crippen LogP contribution in [0.2, 0.25) is 0 Å². The van der Waals surface area contributed by atoms with Crippen LogP contribution in [0.5, 0.6) is 5.88 Å². The first-order valence-corrected chi connectivity index (χ1v) is 5.85. The molecule has 1 N–H and O–H groups in total. The Morgan fingerprint density at radius 1 is 1.25 bits per heavy atom. The van der Waals surface area contributed by atoms with Crippen molar-refractivity contribution in [3.05, 3.63) is 23.4 Å². The summed E-state index contributed by atoms with van der Waals surface area (Å²) in [6.07, 6.45) is 0.167. The molecule has 0 aliphatic heterocycles. The van der Waals surface area contributed by atoms with Crippen molar-refractivity contribution in [2.24, 2.45) is 0 Å². The van der Waals surface area contributed by atoms with E-state index in [2.05, 4.69) is 30.2 Å². The highest BCUT2D eigenvalue weighted by Crippen LogP contribution is 2.13. The van der Waals surface area contributed by atoms with Gasteiger partial charge >= 0.3 is 0 Å². The van der Waals surface area contributed by atoms with Gasteiger partial charge in [-0.15, -0.1) is 0 Å². The van der Waals surface area contributed by atoms with Gasteiger partial charge in [-0.3, -0.25) is 0 Å². The van der Waals surface area contributed by atoms with Crippen LogP contribution >= 0.6 is 0 Å². The highest BCUT2D eigenvalue weighted by molar-refractivity contribution is 5.24. The lowest BCUT2D eigenvalue weighted by Gasteiger charge is -2.12. The number of nitrogens with one attached hydrogen (secondary N) is 1. The first-order valence-electron chi connectivity index (χ1n) is 5.85. The zero-order valence-electron chi connectivity index (χ0n) is 10.9. The van der Waals surface area contributed by atoms with Gasteiger partial charge in [0.15, 0.2) is 0 Å². The summed E-state index contributed by atoms with van der Waals surface area (Å²) in [6.45, 7) is 11.1. The number of aryl methyl sites for hydroxylation is 1. The maximum Gasteiger partial charge on any atom is 0.213 e. The molecule has 1 heterocycles. The van der Waals surface area contributed by atoms with E-state index in [0.717, 1.165) is 18.1 Å². The van der Waals surface area contributed by atoms with E-state index in [9.17, 15) is 0 Å². The molecular weight excluding hydrogens is 200 g/mol. The van der Waals surface area contributed by atoms with Gasteiger partial charge < -0.3 is 10.1 Å². The number of hydrogen-bond donors (Lipinski definition) is 1. The molecule has 0 radical (unpaired) electrons. The fourth-order valence-corrected chi connectivity index (χ4v) is 1.43. The Morgan fingerprint density at radius 3 is 2.50 bits per heavy atom. The van der Waals surface area contributed by atoms with Crippen molar-refractivity contribution in [1.82, 2.24) is 10.3 Å². The van der Waals surface area contributed by atoms with Crippen LogP contribution in [0.15, 0.2) is 12.1 Å². The molecule has 0 spiro atoms. The van der Waals surface area contributed by atoms with Crippen molar-refractivity contribution < 1.29 is 4.74 Å². The van der Waals surface area contributed by atoms with Crippen LogP contribution in [-0.2, 0) is 6.54 Å². The zero-order valence-corrected chi connectivity index (χ0v) is 10.9. The minimum absolute atomic E-state index is 0.167. The number of nitrogens with zero attached hydrogens (tertiary/aromatic N) is 1. The SMILES string of the molecule is Cc1cc(CNC(C)C)cc(OC(C)C)n1. The van der Waals surface area contributed by atoms with Crippen LogP contribution in [-0.4, -0.2) is 17.1 Å². The lowest BCUT2D eigenvalue weighted by Crippen LogP contribution is -2.22. The molecule has 0 fully saturated rings. The smallest absolute Gasteiger partial charge is 0.213 e. The molecule has 90 valence electrons. The Labute approximate surface area is 98.2 Å². The first kappa shape index (κ1) is 13.0. The Hall–Kier alpha value is -1.09. The number of aromatic nitrogens is 1. The molecule has 0 amide bonds. The second kappa shape index (κ2) is 5.85. The van der Waals surface area contributed by atoms with E-state index in [1.54, 1.807) is 0 Å². The predicted octanol–water partition coefficient (Wildman–Crippen LogP) is 2.68.